The number of aliphatic hydroxyl groups is 1. The average Bonchev–Trinajstić information content (AvgIpc) is 2.63. The Bertz CT molecular complexity index is 644. The summed E-state index contributed by atoms with van der Waals surface area (Å²) in [5, 5.41) is 13.0. The summed E-state index contributed by atoms with van der Waals surface area (Å²) in [7, 11) is 1.78. The Balaban J connectivity index is 1.49. The molecule has 0 radical (unpaired) electrons. The van der Waals surface area contributed by atoms with Gasteiger partial charge in [-0.1, -0.05) is 12.8 Å². The lowest BCUT2D eigenvalue weighted by atomic mass is 9.83. The summed E-state index contributed by atoms with van der Waals surface area (Å²) in [6.45, 7) is 0.636. The number of carbonyl (C=O) groups excluding carboxylic acids is 2. The van der Waals surface area contributed by atoms with Crippen molar-refractivity contribution in [2.45, 2.75) is 57.5 Å². The zero-order valence-corrected chi connectivity index (χ0v) is 15.0. The molecule has 5 nitrogen and oxygen atoms in total. The third-order valence-electron chi connectivity index (χ3n) is 5.59. The molecular formula is C20H28N2O3. The van der Waals surface area contributed by atoms with Crippen LogP contribution >= 0.6 is 0 Å². The van der Waals surface area contributed by atoms with E-state index in [1.165, 1.54) is 6.42 Å². The van der Waals surface area contributed by atoms with Crippen molar-refractivity contribution < 1.29 is 14.7 Å². The van der Waals surface area contributed by atoms with E-state index in [4.69, 9.17) is 0 Å². The maximum atomic E-state index is 12.4. The van der Waals surface area contributed by atoms with Crippen LogP contribution in [0.2, 0.25) is 0 Å². The second-order valence-corrected chi connectivity index (χ2v) is 7.31. The number of anilines is 1. The van der Waals surface area contributed by atoms with Crippen LogP contribution in [-0.4, -0.2) is 36.6 Å². The van der Waals surface area contributed by atoms with Gasteiger partial charge in [-0.2, -0.15) is 0 Å². The molecule has 0 spiro atoms. The summed E-state index contributed by atoms with van der Waals surface area (Å²) in [6, 6.07) is 5.55. The number of benzene rings is 1. The van der Waals surface area contributed by atoms with Crippen LogP contribution in [0.4, 0.5) is 5.69 Å². The maximum absolute atomic E-state index is 12.4. The highest BCUT2D eigenvalue weighted by Crippen LogP contribution is 2.28. The van der Waals surface area contributed by atoms with Crippen molar-refractivity contribution in [1.29, 1.82) is 0 Å². The van der Waals surface area contributed by atoms with Crippen molar-refractivity contribution in [3.05, 3.63) is 29.3 Å². The lowest BCUT2D eigenvalue weighted by Gasteiger charge is -2.27. The SMILES string of the molecule is CN1C(=O)CCc2cc(C(=O)NCCCC3CCCCC3O)ccc21. The van der Waals surface area contributed by atoms with Crippen LogP contribution in [0.15, 0.2) is 18.2 Å². The van der Waals surface area contributed by atoms with Crippen LogP contribution < -0.4 is 10.2 Å². The first-order valence-electron chi connectivity index (χ1n) is 9.42. The fourth-order valence-corrected chi connectivity index (χ4v) is 3.99. The molecule has 1 fully saturated rings. The predicted molar refractivity (Wildman–Crippen MR) is 97.7 cm³/mol. The molecule has 1 saturated carbocycles. The van der Waals surface area contributed by atoms with Crippen LogP contribution in [0.5, 0.6) is 0 Å². The molecule has 1 aromatic rings. The topological polar surface area (TPSA) is 69.6 Å². The van der Waals surface area contributed by atoms with E-state index >= 15 is 0 Å². The Kier molecular flexibility index (Phi) is 5.74. The standard InChI is InChI=1S/C20H28N2O3/c1-22-17-10-8-16(13-15(17)9-11-19(22)24)20(25)21-12-4-6-14-5-2-3-7-18(14)23/h8,10,13-14,18,23H,2-7,9,11-12H2,1H3,(H,21,25). The number of aliphatic hydroxyl groups excluding tert-OH is 1. The predicted octanol–water partition coefficient (Wildman–Crippen LogP) is 2.66. The van der Waals surface area contributed by atoms with E-state index in [2.05, 4.69) is 5.32 Å². The zero-order valence-electron chi connectivity index (χ0n) is 15.0. The van der Waals surface area contributed by atoms with E-state index < -0.39 is 0 Å². The molecule has 2 atom stereocenters. The van der Waals surface area contributed by atoms with E-state index in [1.807, 2.05) is 12.1 Å². The molecule has 2 amide bonds. The van der Waals surface area contributed by atoms with Gasteiger partial charge in [0.1, 0.15) is 0 Å². The number of carbonyl (C=O) groups is 2. The average molecular weight is 344 g/mol. The van der Waals surface area contributed by atoms with Gasteiger partial charge in [0, 0.05) is 31.3 Å². The fourth-order valence-electron chi connectivity index (χ4n) is 3.99. The molecule has 2 unspecified atom stereocenters. The van der Waals surface area contributed by atoms with E-state index in [9.17, 15) is 14.7 Å². The van der Waals surface area contributed by atoms with Gasteiger partial charge in [0.05, 0.1) is 6.10 Å². The molecule has 0 saturated heterocycles. The Labute approximate surface area is 149 Å². The molecule has 1 aliphatic carbocycles. The van der Waals surface area contributed by atoms with Gasteiger partial charge in [-0.15, -0.1) is 0 Å². The number of hydrogen-bond donors (Lipinski definition) is 2. The molecule has 1 aliphatic heterocycles. The highest BCUT2D eigenvalue weighted by Gasteiger charge is 2.23. The molecule has 3 rings (SSSR count). The molecule has 2 N–H and O–H groups in total. The number of rotatable bonds is 5. The molecule has 0 bridgehead atoms. The van der Waals surface area contributed by atoms with Gasteiger partial charge >= 0.3 is 0 Å². The summed E-state index contributed by atoms with van der Waals surface area (Å²) >= 11 is 0. The highest BCUT2D eigenvalue weighted by molar-refractivity contribution is 5.98. The molecule has 1 heterocycles. The molecule has 2 aliphatic rings. The smallest absolute Gasteiger partial charge is 0.251 e. The molecule has 0 aromatic heterocycles. The summed E-state index contributed by atoms with van der Waals surface area (Å²) in [5.74, 6) is 0.448. The van der Waals surface area contributed by atoms with Gasteiger partial charge < -0.3 is 15.3 Å². The van der Waals surface area contributed by atoms with Crippen molar-refractivity contribution in [2.75, 3.05) is 18.5 Å². The number of fused-ring (bicyclic) bond motifs is 1. The van der Waals surface area contributed by atoms with Crippen LogP contribution in [0.1, 0.15) is 60.9 Å². The molecule has 1 aromatic carbocycles. The van der Waals surface area contributed by atoms with Crippen molar-refractivity contribution in [2.24, 2.45) is 5.92 Å². The van der Waals surface area contributed by atoms with E-state index in [0.717, 1.165) is 43.4 Å². The number of aryl methyl sites for hydroxylation is 1. The van der Waals surface area contributed by atoms with Gasteiger partial charge in [-0.05, 0) is 61.8 Å². The second kappa shape index (κ2) is 8.00. The minimum Gasteiger partial charge on any atom is -0.393 e. The number of hydrogen-bond acceptors (Lipinski definition) is 3. The van der Waals surface area contributed by atoms with Crippen molar-refractivity contribution in [3.63, 3.8) is 0 Å². The normalized spacial score (nSPS) is 23.3. The molecule has 136 valence electrons. The highest BCUT2D eigenvalue weighted by atomic mass is 16.3. The lowest BCUT2D eigenvalue weighted by molar-refractivity contribution is -0.118. The van der Waals surface area contributed by atoms with Gasteiger partial charge in [-0.3, -0.25) is 9.59 Å². The number of amides is 2. The second-order valence-electron chi connectivity index (χ2n) is 7.31. The van der Waals surface area contributed by atoms with Gasteiger partial charge in [-0.25, -0.2) is 0 Å². The van der Waals surface area contributed by atoms with Crippen LogP contribution in [0.25, 0.3) is 0 Å². The van der Waals surface area contributed by atoms with E-state index in [1.54, 1.807) is 18.0 Å². The van der Waals surface area contributed by atoms with Crippen LogP contribution in [0, 0.1) is 5.92 Å². The maximum Gasteiger partial charge on any atom is 0.251 e. The Morgan fingerprint density at radius 1 is 1.28 bits per heavy atom. The van der Waals surface area contributed by atoms with Crippen LogP contribution in [-0.2, 0) is 11.2 Å². The minimum atomic E-state index is -0.162. The molecule has 5 heteroatoms. The molecule has 25 heavy (non-hydrogen) atoms. The number of nitrogens with one attached hydrogen (secondary N) is 1. The van der Waals surface area contributed by atoms with Crippen molar-refractivity contribution in [3.8, 4) is 0 Å². The summed E-state index contributed by atoms with van der Waals surface area (Å²) < 4.78 is 0. The summed E-state index contributed by atoms with van der Waals surface area (Å²) in [6.07, 6.45) is 7.26. The van der Waals surface area contributed by atoms with E-state index in [-0.39, 0.29) is 17.9 Å². The Hall–Kier alpha value is -1.88. The third kappa shape index (κ3) is 4.21. The van der Waals surface area contributed by atoms with Gasteiger partial charge in [0.2, 0.25) is 5.91 Å². The first kappa shape index (κ1) is 17.9. The van der Waals surface area contributed by atoms with Gasteiger partial charge in [0.25, 0.3) is 5.91 Å². The summed E-state index contributed by atoms with van der Waals surface area (Å²) in [5.41, 5.74) is 2.61. The Morgan fingerprint density at radius 3 is 2.88 bits per heavy atom. The minimum absolute atomic E-state index is 0.0634. The monoisotopic (exact) mass is 344 g/mol. The Morgan fingerprint density at radius 2 is 2.08 bits per heavy atom. The van der Waals surface area contributed by atoms with Gasteiger partial charge in [0.15, 0.2) is 0 Å². The lowest BCUT2D eigenvalue weighted by Crippen LogP contribution is -2.31. The van der Waals surface area contributed by atoms with Crippen molar-refractivity contribution in [1.82, 2.24) is 5.32 Å². The first-order valence-corrected chi connectivity index (χ1v) is 9.42. The summed E-state index contributed by atoms with van der Waals surface area (Å²) in [4.78, 5) is 25.7. The quantitative estimate of drug-likeness (QED) is 0.807. The van der Waals surface area contributed by atoms with Crippen molar-refractivity contribution >= 4 is 17.5 Å². The number of nitrogens with zero attached hydrogens (tertiary/aromatic N) is 1. The van der Waals surface area contributed by atoms with Crippen LogP contribution in [0.3, 0.4) is 0 Å². The zero-order chi connectivity index (χ0) is 17.8. The largest absolute Gasteiger partial charge is 0.393 e. The fraction of sp³-hybridized carbons (Fsp3) is 0.600. The third-order valence-corrected chi connectivity index (χ3v) is 5.59. The molecular weight excluding hydrogens is 316 g/mol. The van der Waals surface area contributed by atoms with E-state index in [0.29, 0.717) is 30.9 Å². The first-order chi connectivity index (χ1) is 12.1.